The second-order valence-electron chi connectivity index (χ2n) is 3.75. The number of amides is 1. The molecule has 4 nitrogen and oxygen atoms in total. The highest BCUT2D eigenvalue weighted by molar-refractivity contribution is 5.61. The molecule has 2 aromatic rings. The Labute approximate surface area is 106 Å². The summed E-state index contributed by atoms with van der Waals surface area (Å²) in [6.07, 6.45) is 0.659. The third-order valence-electron chi connectivity index (χ3n) is 2.61. The second-order valence-corrected chi connectivity index (χ2v) is 3.75. The first kappa shape index (κ1) is 12.0. The fourth-order valence-electron chi connectivity index (χ4n) is 1.71. The Bertz CT molecular complexity index is 487. The Balaban J connectivity index is 2.28. The minimum absolute atomic E-state index is 0.659. The summed E-state index contributed by atoms with van der Waals surface area (Å²) in [7, 11) is 1.89. The molecule has 0 atom stereocenters. The van der Waals surface area contributed by atoms with Gasteiger partial charge in [-0.25, -0.2) is 0 Å². The average Bonchev–Trinajstić information content (AvgIpc) is 2.46. The number of nitrogens with zero attached hydrogens (tertiary/aromatic N) is 2. The van der Waals surface area contributed by atoms with Crippen LogP contribution in [0.25, 0.3) is 0 Å². The van der Waals surface area contributed by atoms with E-state index in [1.165, 1.54) is 0 Å². The van der Waals surface area contributed by atoms with Gasteiger partial charge in [0.1, 0.15) is 0 Å². The van der Waals surface area contributed by atoms with Crippen molar-refractivity contribution >= 4 is 17.8 Å². The highest BCUT2D eigenvalue weighted by Crippen LogP contribution is 2.18. The van der Waals surface area contributed by atoms with E-state index in [-0.39, 0.29) is 0 Å². The van der Waals surface area contributed by atoms with E-state index < -0.39 is 0 Å². The number of hydrogen-bond donors (Lipinski definition) is 1. The van der Waals surface area contributed by atoms with Gasteiger partial charge < -0.3 is 0 Å². The number of carbonyl (C=O) groups is 1. The molecule has 0 aliphatic heterocycles. The van der Waals surface area contributed by atoms with Crippen molar-refractivity contribution in [2.24, 2.45) is 0 Å². The predicted molar refractivity (Wildman–Crippen MR) is 73.0 cm³/mol. The molecule has 2 aromatic carbocycles. The quantitative estimate of drug-likeness (QED) is 0.644. The molecule has 18 heavy (non-hydrogen) atoms. The van der Waals surface area contributed by atoms with Crippen molar-refractivity contribution < 1.29 is 4.79 Å². The van der Waals surface area contributed by atoms with Gasteiger partial charge in [0.25, 0.3) is 0 Å². The first-order valence-electron chi connectivity index (χ1n) is 5.66. The molecule has 1 amide bonds. The Morgan fingerprint density at radius 3 is 1.89 bits per heavy atom. The maximum atomic E-state index is 10.7. The molecule has 0 saturated carbocycles. The van der Waals surface area contributed by atoms with E-state index >= 15 is 0 Å². The van der Waals surface area contributed by atoms with E-state index in [0.717, 1.165) is 11.4 Å². The number of nitrogens with one attached hydrogen (secondary N) is 1. The molecule has 0 unspecified atom stereocenters. The monoisotopic (exact) mass is 241 g/mol. The first-order chi connectivity index (χ1) is 8.83. The molecule has 92 valence electrons. The van der Waals surface area contributed by atoms with Crippen LogP contribution in [-0.2, 0) is 4.79 Å². The molecule has 1 N–H and O–H groups in total. The van der Waals surface area contributed by atoms with Gasteiger partial charge in [0.2, 0.25) is 6.41 Å². The van der Waals surface area contributed by atoms with Gasteiger partial charge in [-0.3, -0.25) is 15.2 Å². The zero-order valence-electron chi connectivity index (χ0n) is 10.2. The number of para-hydroxylation sites is 2. The molecule has 0 bridgehead atoms. The summed E-state index contributed by atoms with van der Waals surface area (Å²) in [5.74, 6) is 0. The van der Waals surface area contributed by atoms with E-state index in [0.29, 0.717) is 6.41 Å². The molecule has 0 radical (unpaired) electrons. The van der Waals surface area contributed by atoms with Gasteiger partial charge in [-0.05, 0) is 24.3 Å². The summed E-state index contributed by atoms with van der Waals surface area (Å²) in [6, 6.07) is 19.5. The van der Waals surface area contributed by atoms with Crippen LogP contribution in [0.1, 0.15) is 0 Å². The Hall–Kier alpha value is -2.49. The first-order valence-corrected chi connectivity index (χ1v) is 5.66. The topological polar surface area (TPSA) is 35.6 Å². The lowest BCUT2D eigenvalue weighted by molar-refractivity contribution is -0.109. The normalized spacial score (nSPS) is 9.61. The van der Waals surface area contributed by atoms with Gasteiger partial charge in [0, 0.05) is 7.05 Å². The largest absolute Gasteiger partial charge is 0.277 e. The third-order valence-corrected chi connectivity index (χ3v) is 2.61. The van der Waals surface area contributed by atoms with E-state index in [4.69, 9.17) is 0 Å². The van der Waals surface area contributed by atoms with Crippen molar-refractivity contribution in [3.8, 4) is 0 Å². The molecule has 0 aromatic heterocycles. The smallest absolute Gasteiger partial charge is 0.227 e. The van der Waals surface area contributed by atoms with E-state index in [9.17, 15) is 4.79 Å². The summed E-state index contributed by atoms with van der Waals surface area (Å²) in [6.45, 7) is 0. The number of benzene rings is 2. The highest BCUT2D eigenvalue weighted by Gasteiger charge is 2.11. The maximum absolute atomic E-state index is 10.7. The second kappa shape index (κ2) is 5.72. The van der Waals surface area contributed by atoms with Crippen molar-refractivity contribution in [2.75, 3.05) is 17.2 Å². The number of rotatable bonds is 5. The van der Waals surface area contributed by atoms with Gasteiger partial charge >= 0.3 is 0 Å². The van der Waals surface area contributed by atoms with Gasteiger partial charge in [-0.2, -0.15) is 5.12 Å². The van der Waals surface area contributed by atoms with Crippen LogP contribution in [0.4, 0.5) is 11.4 Å². The molecule has 0 saturated heterocycles. The minimum Gasteiger partial charge on any atom is -0.277 e. The molecule has 0 aliphatic rings. The van der Waals surface area contributed by atoms with Crippen LogP contribution in [0.15, 0.2) is 60.7 Å². The summed E-state index contributed by atoms with van der Waals surface area (Å²) < 4.78 is 0. The van der Waals surface area contributed by atoms with E-state index in [1.807, 2.05) is 72.7 Å². The number of hydrazine groups is 2. The van der Waals surface area contributed by atoms with Crippen LogP contribution in [-0.4, -0.2) is 13.5 Å². The average molecular weight is 241 g/mol. The zero-order valence-corrected chi connectivity index (χ0v) is 10.2. The fourth-order valence-corrected chi connectivity index (χ4v) is 1.71. The maximum Gasteiger partial charge on any atom is 0.227 e. The molecule has 0 fully saturated rings. The Kier molecular flexibility index (Phi) is 3.81. The fraction of sp³-hybridized carbons (Fsp3) is 0.0714. The van der Waals surface area contributed by atoms with Gasteiger partial charge in [0.15, 0.2) is 0 Å². The Morgan fingerprint density at radius 1 is 0.889 bits per heavy atom. The Morgan fingerprint density at radius 2 is 1.39 bits per heavy atom. The van der Waals surface area contributed by atoms with E-state index in [2.05, 4.69) is 5.43 Å². The predicted octanol–water partition coefficient (Wildman–Crippen LogP) is 2.21. The van der Waals surface area contributed by atoms with E-state index in [1.54, 1.807) is 5.12 Å². The SMILES string of the molecule is CN(c1ccccc1)N(NC=O)c1ccccc1. The van der Waals surface area contributed by atoms with Crippen molar-refractivity contribution in [2.45, 2.75) is 0 Å². The third kappa shape index (κ3) is 2.60. The van der Waals surface area contributed by atoms with Gasteiger partial charge in [-0.1, -0.05) is 36.4 Å². The van der Waals surface area contributed by atoms with Crippen molar-refractivity contribution in [1.82, 2.24) is 5.43 Å². The number of hydrogen-bond acceptors (Lipinski definition) is 3. The van der Waals surface area contributed by atoms with Crippen LogP contribution in [0, 0.1) is 0 Å². The van der Waals surface area contributed by atoms with Crippen LogP contribution < -0.4 is 15.6 Å². The summed E-state index contributed by atoms with van der Waals surface area (Å²) in [5, 5.41) is 3.55. The standard InChI is InChI=1S/C14H15N3O/c1-16(13-8-4-2-5-9-13)17(15-12-18)14-10-6-3-7-11-14/h2-12H,1H3,(H,15,18). The minimum atomic E-state index is 0.659. The van der Waals surface area contributed by atoms with Crippen LogP contribution in [0.5, 0.6) is 0 Å². The zero-order chi connectivity index (χ0) is 12.8. The lowest BCUT2D eigenvalue weighted by atomic mass is 10.3. The highest BCUT2D eigenvalue weighted by atomic mass is 16.1. The molecule has 4 heteroatoms. The lowest BCUT2D eigenvalue weighted by Gasteiger charge is -2.33. The van der Waals surface area contributed by atoms with Crippen molar-refractivity contribution in [1.29, 1.82) is 0 Å². The van der Waals surface area contributed by atoms with Crippen molar-refractivity contribution in [3.05, 3.63) is 60.7 Å². The summed E-state index contributed by atoms with van der Waals surface area (Å²) >= 11 is 0. The van der Waals surface area contributed by atoms with Crippen LogP contribution in [0.3, 0.4) is 0 Å². The van der Waals surface area contributed by atoms with Gasteiger partial charge in [0.05, 0.1) is 11.4 Å². The molecular weight excluding hydrogens is 226 g/mol. The molecular formula is C14H15N3O. The summed E-state index contributed by atoms with van der Waals surface area (Å²) in [4.78, 5) is 10.7. The van der Waals surface area contributed by atoms with Crippen LogP contribution in [0.2, 0.25) is 0 Å². The van der Waals surface area contributed by atoms with Crippen molar-refractivity contribution in [3.63, 3.8) is 0 Å². The molecule has 2 rings (SSSR count). The number of anilines is 2. The molecule has 0 spiro atoms. The van der Waals surface area contributed by atoms with Gasteiger partial charge in [-0.15, -0.1) is 0 Å². The number of carbonyl (C=O) groups excluding carboxylic acids is 1. The molecule has 0 aliphatic carbocycles. The van der Waals surface area contributed by atoms with Crippen LogP contribution >= 0.6 is 0 Å². The molecule has 0 heterocycles. The lowest BCUT2D eigenvalue weighted by Crippen LogP contribution is -2.49. The summed E-state index contributed by atoms with van der Waals surface area (Å²) in [5.41, 5.74) is 4.54.